The van der Waals surface area contributed by atoms with Gasteiger partial charge in [0.25, 0.3) is 0 Å². The van der Waals surface area contributed by atoms with Gasteiger partial charge >= 0.3 is 0 Å². The normalized spacial score (nSPS) is 16.0. The van der Waals surface area contributed by atoms with Crippen LogP contribution in [0.1, 0.15) is 24.4 Å². The van der Waals surface area contributed by atoms with Crippen molar-refractivity contribution in [1.82, 2.24) is 20.3 Å². The molecule has 1 fully saturated rings. The van der Waals surface area contributed by atoms with Gasteiger partial charge in [-0.25, -0.2) is 4.68 Å². The van der Waals surface area contributed by atoms with Crippen molar-refractivity contribution in [1.29, 1.82) is 0 Å². The standard InChI is InChI=1S/C31H33N5O8/c1-39-26-13-19(14-27(40-2)30(26)41-3)29(31(38)32-16-21-7-6-12-42-21)36(20-10-11-24-25(15-20)44-18-43-24)28(37)17-35-23-9-5-4-8-22(23)33-34-35/h4-5,8-11,13-15,21,29H,6-7,12,16-18H2,1-3H3,(H,32,38). The summed E-state index contributed by atoms with van der Waals surface area (Å²) in [6, 6.07) is 14.6. The number of rotatable bonds is 11. The smallest absolute Gasteiger partial charge is 0.249 e. The molecule has 6 rings (SSSR count). The summed E-state index contributed by atoms with van der Waals surface area (Å²) in [6.45, 7) is 0.784. The maximum atomic E-state index is 14.4. The van der Waals surface area contributed by atoms with Crippen molar-refractivity contribution >= 4 is 28.5 Å². The highest BCUT2D eigenvalue weighted by atomic mass is 16.7. The number of ether oxygens (including phenoxy) is 6. The summed E-state index contributed by atoms with van der Waals surface area (Å²) in [5.41, 5.74) is 2.16. The first-order valence-electron chi connectivity index (χ1n) is 14.2. The van der Waals surface area contributed by atoms with E-state index in [1.54, 1.807) is 30.3 Å². The van der Waals surface area contributed by atoms with Crippen LogP contribution in [-0.2, 0) is 20.9 Å². The number of nitrogens with zero attached hydrogens (tertiary/aromatic N) is 4. The zero-order valence-electron chi connectivity index (χ0n) is 24.6. The van der Waals surface area contributed by atoms with Gasteiger partial charge in [0, 0.05) is 24.9 Å². The number of hydrogen-bond acceptors (Lipinski definition) is 10. The van der Waals surface area contributed by atoms with Crippen LogP contribution in [0.4, 0.5) is 5.69 Å². The van der Waals surface area contributed by atoms with Gasteiger partial charge in [-0.05, 0) is 54.8 Å². The lowest BCUT2D eigenvalue weighted by Gasteiger charge is -2.32. The lowest BCUT2D eigenvalue weighted by molar-refractivity contribution is -0.127. The number of fused-ring (bicyclic) bond motifs is 2. The Hall–Kier alpha value is -5.04. The molecule has 1 saturated heterocycles. The van der Waals surface area contributed by atoms with Gasteiger partial charge in [0.1, 0.15) is 18.1 Å². The fourth-order valence-electron chi connectivity index (χ4n) is 5.50. The van der Waals surface area contributed by atoms with Gasteiger partial charge in [-0.2, -0.15) is 0 Å². The Morgan fingerprint density at radius 2 is 1.80 bits per heavy atom. The van der Waals surface area contributed by atoms with Gasteiger partial charge in [0.2, 0.25) is 24.4 Å². The maximum absolute atomic E-state index is 14.4. The van der Waals surface area contributed by atoms with Gasteiger partial charge < -0.3 is 33.7 Å². The molecule has 2 atom stereocenters. The Morgan fingerprint density at radius 3 is 2.52 bits per heavy atom. The average Bonchev–Trinajstić information content (AvgIpc) is 3.83. The van der Waals surface area contributed by atoms with Crippen LogP contribution >= 0.6 is 0 Å². The summed E-state index contributed by atoms with van der Waals surface area (Å²) >= 11 is 0. The SMILES string of the molecule is COc1cc(C(C(=O)NCC2CCCO2)N(C(=O)Cn2nnc3ccccc32)c2ccc3c(c2)OCO3)cc(OC)c1OC. The van der Waals surface area contributed by atoms with Crippen LogP contribution < -0.4 is 33.9 Å². The molecular weight excluding hydrogens is 570 g/mol. The van der Waals surface area contributed by atoms with E-state index in [-0.39, 0.29) is 26.0 Å². The molecule has 13 heteroatoms. The average molecular weight is 604 g/mol. The third-order valence-corrected chi connectivity index (χ3v) is 7.65. The Labute approximate surface area is 253 Å². The number of nitrogens with one attached hydrogen (secondary N) is 1. The minimum Gasteiger partial charge on any atom is -0.493 e. The van der Waals surface area contributed by atoms with Gasteiger partial charge in [-0.3, -0.25) is 14.5 Å². The summed E-state index contributed by atoms with van der Waals surface area (Å²) in [7, 11) is 4.48. The molecule has 2 aliphatic heterocycles. The molecule has 230 valence electrons. The monoisotopic (exact) mass is 603 g/mol. The van der Waals surface area contributed by atoms with Gasteiger partial charge in [-0.1, -0.05) is 17.3 Å². The quantitative estimate of drug-likeness (QED) is 0.272. The van der Waals surface area contributed by atoms with E-state index < -0.39 is 17.9 Å². The number of carbonyl (C=O) groups is 2. The first kappa shape index (κ1) is 29.1. The third kappa shape index (κ3) is 5.65. The van der Waals surface area contributed by atoms with E-state index in [0.717, 1.165) is 12.8 Å². The predicted octanol–water partition coefficient (Wildman–Crippen LogP) is 3.26. The molecule has 2 aliphatic rings. The minimum absolute atomic E-state index is 0.0514. The van der Waals surface area contributed by atoms with Crippen molar-refractivity contribution in [3.05, 3.63) is 60.2 Å². The summed E-state index contributed by atoms with van der Waals surface area (Å²) in [5, 5.41) is 11.4. The zero-order chi connectivity index (χ0) is 30.6. The number of carbonyl (C=O) groups excluding carboxylic acids is 2. The van der Waals surface area contributed by atoms with E-state index in [1.165, 1.54) is 30.9 Å². The highest BCUT2D eigenvalue weighted by molar-refractivity contribution is 6.02. The third-order valence-electron chi connectivity index (χ3n) is 7.65. The van der Waals surface area contributed by atoms with Crippen molar-refractivity contribution in [3.63, 3.8) is 0 Å². The van der Waals surface area contributed by atoms with Crippen LogP contribution in [-0.4, -0.2) is 74.2 Å². The lowest BCUT2D eigenvalue weighted by atomic mass is 10.0. The summed E-state index contributed by atoms with van der Waals surface area (Å²) in [5.74, 6) is 1.16. The van der Waals surface area contributed by atoms with Crippen LogP contribution in [0.3, 0.4) is 0 Å². The molecular formula is C31H33N5O8. The lowest BCUT2D eigenvalue weighted by Crippen LogP contribution is -2.46. The Kier molecular flexibility index (Phi) is 8.37. The number of aromatic nitrogens is 3. The molecule has 0 saturated carbocycles. The van der Waals surface area contributed by atoms with Crippen LogP contribution in [0.25, 0.3) is 11.0 Å². The van der Waals surface area contributed by atoms with Crippen LogP contribution in [0, 0.1) is 0 Å². The fraction of sp³-hybridized carbons (Fsp3) is 0.355. The van der Waals surface area contributed by atoms with E-state index in [9.17, 15) is 9.59 Å². The number of benzene rings is 3. The number of hydrogen-bond donors (Lipinski definition) is 1. The maximum Gasteiger partial charge on any atom is 0.249 e. The largest absolute Gasteiger partial charge is 0.493 e. The molecule has 1 N–H and O–H groups in total. The molecule has 13 nitrogen and oxygen atoms in total. The Morgan fingerprint density at radius 1 is 1.02 bits per heavy atom. The second-order valence-corrected chi connectivity index (χ2v) is 10.3. The summed E-state index contributed by atoms with van der Waals surface area (Å²) in [6.07, 6.45) is 1.64. The molecule has 0 spiro atoms. The van der Waals surface area contributed by atoms with Crippen LogP contribution in [0.5, 0.6) is 28.7 Å². The van der Waals surface area contributed by atoms with Gasteiger partial charge in [0.15, 0.2) is 23.0 Å². The van der Waals surface area contributed by atoms with Crippen molar-refractivity contribution in [2.45, 2.75) is 31.5 Å². The molecule has 0 radical (unpaired) electrons. The molecule has 1 aromatic heterocycles. The van der Waals surface area contributed by atoms with Crippen molar-refractivity contribution in [2.75, 3.05) is 46.2 Å². The fourth-order valence-corrected chi connectivity index (χ4v) is 5.50. The molecule has 4 aromatic rings. The zero-order valence-corrected chi connectivity index (χ0v) is 24.6. The summed E-state index contributed by atoms with van der Waals surface area (Å²) in [4.78, 5) is 30.1. The van der Waals surface area contributed by atoms with E-state index >= 15 is 0 Å². The van der Waals surface area contributed by atoms with E-state index in [1.807, 2.05) is 24.3 Å². The second kappa shape index (κ2) is 12.7. The number of amides is 2. The van der Waals surface area contributed by atoms with Crippen molar-refractivity contribution < 1.29 is 38.0 Å². The van der Waals surface area contributed by atoms with E-state index in [2.05, 4.69) is 15.6 Å². The van der Waals surface area contributed by atoms with E-state index in [0.29, 0.717) is 57.6 Å². The molecule has 2 unspecified atom stereocenters. The highest BCUT2D eigenvalue weighted by Crippen LogP contribution is 2.43. The highest BCUT2D eigenvalue weighted by Gasteiger charge is 2.36. The summed E-state index contributed by atoms with van der Waals surface area (Å²) < 4.78 is 35.2. The van der Waals surface area contributed by atoms with Crippen molar-refractivity contribution in [2.24, 2.45) is 0 Å². The molecule has 2 amide bonds. The molecule has 44 heavy (non-hydrogen) atoms. The minimum atomic E-state index is -1.17. The number of anilines is 1. The van der Waals surface area contributed by atoms with Crippen molar-refractivity contribution in [3.8, 4) is 28.7 Å². The van der Waals surface area contributed by atoms with Gasteiger partial charge in [-0.15, -0.1) is 5.10 Å². The molecule has 3 heterocycles. The van der Waals surface area contributed by atoms with Crippen LogP contribution in [0.15, 0.2) is 54.6 Å². The van der Waals surface area contributed by atoms with Gasteiger partial charge in [0.05, 0.1) is 33.0 Å². The van der Waals surface area contributed by atoms with E-state index in [4.69, 9.17) is 28.4 Å². The first-order valence-corrected chi connectivity index (χ1v) is 14.2. The number of para-hydroxylation sites is 1. The second-order valence-electron chi connectivity index (χ2n) is 10.3. The predicted molar refractivity (Wildman–Crippen MR) is 158 cm³/mol. The Balaban J connectivity index is 1.47. The molecule has 0 aliphatic carbocycles. The molecule has 0 bridgehead atoms. The molecule has 3 aromatic carbocycles. The van der Waals surface area contributed by atoms with Crippen LogP contribution in [0.2, 0.25) is 0 Å². The topological polar surface area (TPSA) is 136 Å². The Bertz CT molecular complexity index is 1640. The first-order chi connectivity index (χ1) is 21.5. The number of methoxy groups -OCH3 is 3.